The van der Waals surface area contributed by atoms with Gasteiger partial charge in [-0.15, -0.1) is 0 Å². The highest BCUT2D eigenvalue weighted by Crippen LogP contribution is 2.27. The molecule has 15 heavy (non-hydrogen) atoms. The Morgan fingerprint density at radius 2 is 1.53 bits per heavy atom. The number of aliphatic hydroxyl groups is 2. The molecule has 0 aromatic carbocycles. The summed E-state index contributed by atoms with van der Waals surface area (Å²) >= 11 is 0. The second-order valence-corrected chi connectivity index (χ2v) is 5.28. The molecule has 0 aliphatic rings. The Balaban J connectivity index is 4.06. The minimum atomic E-state index is -0.361. The van der Waals surface area contributed by atoms with Crippen molar-refractivity contribution in [1.29, 1.82) is 0 Å². The van der Waals surface area contributed by atoms with Gasteiger partial charge in [0.05, 0.1) is 18.8 Å². The lowest BCUT2D eigenvalue weighted by Gasteiger charge is -2.31. The molecule has 0 aliphatic carbocycles. The molecule has 0 atom stereocenters. The normalized spacial score (nSPS) is 13.2. The molecule has 0 aliphatic heterocycles. The maximum Gasteiger partial charge on any atom is 0.0598 e. The van der Waals surface area contributed by atoms with Crippen LogP contribution >= 0.6 is 0 Å². The predicted octanol–water partition coefficient (Wildman–Crippen LogP) is 1.96. The van der Waals surface area contributed by atoms with Gasteiger partial charge in [-0.1, -0.05) is 13.3 Å². The average Bonchev–Trinajstić information content (AvgIpc) is 2.14. The number of ether oxygens (including phenoxy) is 1. The maximum absolute atomic E-state index is 9.32. The topological polar surface area (TPSA) is 49.7 Å². The fourth-order valence-electron chi connectivity index (χ4n) is 1.60. The molecule has 0 unspecified atom stereocenters. The molecule has 0 saturated carbocycles. The van der Waals surface area contributed by atoms with E-state index in [0.29, 0.717) is 13.0 Å². The monoisotopic (exact) mass is 218 g/mol. The minimum absolute atomic E-state index is 0.0326. The second kappa shape index (κ2) is 6.46. The number of hydrogen-bond acceptors (Lipinski definition) is 3. The predicted molar refractivity (Wildman–Crippen MR) is 61.8 cm³/mol. The summed E-state index contributed by atoms with van der Waals surface area (Å²) in [5.74, 6) is 0. The third-order valence-electron chi connectivity index (χ3n) is 2.62. The van der Waals surface area contributed by atoms with Gasteiger partial charge in [0.2, 0.25) is 0 Å². The van der Waals surface area contributed by atoms with E-state index in [9.17, 15) is 10.2 Å². The number of rotatable bonds is 7. The summed E-state index contributed by atoms with van der Waals surface area (Å²) < 4.78 is 5.61. The van der Waals surface area contributed by atoms with Gasteiger partial charge in [-0.05, 0) is 33.6 Å². The van der Waals surface area contributed by atoms with E-state index in [-0.39, 0.29) is 24.2 Å². The van der Waals surface area contributed by atoms with Crippen molar-refractivity contribution in [2.75, 3.05) is 19.8 Å². The third kappa shape index (κ3) is 6.13. The Morgan fingerprint density at radius 1 is 1.00 bits per heavy atom. The van der Waals surface area contributed by atoms with Crippen LogP contribution in [-0.4, -0.2) is 35.6 Å². The fraction of sp³-hybridized carbons (Fsp3) is 1.00. The highest BCUT2D eigenvalue weighted by Gasteiger charge is 2.28. The van der Waals surface area contributed by atoms with Crippen molar-refractivity contribution in [3.8, 4) is 0 Å². The Morgan fingerprint density at radius 3 is 1.87 bits per heavy atom. The van der Waals surface area contributed by atoms with Gasteiger partial charge in [-0.2, -0.15) is 0 Å². The summed E-state index contributed by atoms with van der Waals surface area (Å²) in [6, 6.07) is 0. The number of aliphatic hydroxyl groups excluding tert-OH is 2. The quantitative estimate of drug-likeness (QED) is 0.687. The van der Waals surface area contributed by atoms with Crippen molar-refractivity contribution in [2.45, 2.75) is 52.6 Å². The first-order valence-corrected chi connectivity index (χ1v) is 5.75. The van der Waals surface area contributed by atoms with Crippen LogP contribution in [0.3, 0.4) is 0 Å². The largest absolute Gasteiger partial charge is 0.396 e. The smallest absolute Gasteiger partial charge is 0.0598 e. The summed E-state index contributed by atoms with van der Waals surface area (Å²) in [7, 11) is 0. The van der Waals surface area contributed by atoms with Crippen LogP contribution in [-0.2, 0) is 4.74 Å². The van der Waals surface area contributed by atoms with Crippen molar-refractivity contribution in [1.82, 2.24) is 0 Å². The minimum Gasteiger partial charge on any atom is -0.396 e. The Kier molecular flexibility index (Phi) is 6.41. The van der Waals surface area contributed by atoms with Gasteiger partial charge in [-0.3, -0.25) is 0 Å². The molecule has 92 valence electrons. The van der Waals surface area contributed by atoms with Crippen LogP contribution in [0.5, 0.6) is 0 Å². The van der Waals surface area contributed by atoms with Crippen LogP contribution < -0.4 is 0 Å². The van der Waals surface area contributed by atoms with Gasteiger partial charge in [-0.25, -0.2) is 0 Å². The van der Waals surface area contributed by atoms with Crippen molar-refractivity contribution in [3.63, 3.8) is 0 Å². The first kappa shape index (κ1) is 14.9. The van der Waals surface area contributed by atoms with Crippen LogP contribution in [0.15, 0.2) is 0 Å². The molecule has 0 aromatic rings. The molecule has 3 nitrogen and oxygen atoms in total. The summed E-state index contributed by atoms with van der Waals surface area (Å²) in [5.41, 5.74) is -0.511. The summed E-state index contributed by atoms with van der Waals surface area (Å²) in [4.78, 5) is 0. The lowest BCUT2D eigenvalue weighted by molar-refractivity contribution is -0.0412. The first-order valence-electron chi connectivity index (χ1n) is 5.75. The van der Waals surface area contributed by atoms with E-state index >= 15 is 0 Å². The zero-order valence-corrected chi connectivity index (χ0v) is 10.5. The van der Waals surface area contributed by atoms with Gasteiger partial charge < -0.3 is 14.9 Å². The molecule has 0 radical (unpaired) electrons. The van der Waals surface area contributed by atoms with Gasteiger partial charge in [0.1, 0.15) is 0 Å². The van der Waals surface area contributed by atoms with E-state index < -0.39 is 0 Å². The van der Waals surface area contributed by atoms with E-state index in [1.165, 1.54) is 0 Å². The molecule has 0 fully saturated rings. The first-order chi connectivity index (χ1) is 6.89. The Hall–Kier alpha value is -0.120. The van der Waals surface area contributed by atoms with Gasteiger partial charge >= 0.3 is 0 Å². The van der Waals surface area contributed by atoms with Gasteiger partial charge in [0.15, 0.2) is 0 Å². The van der Waals surface area contributed by atoms with E-state index in [4.69, 9.17) is 4.74 Å². The molecule has 0 aromatic heterocycles. The van der Waals surface area contributed by atoms with E-state index in [2.05, 4.69) is 6.92 Å². The average molecular weight is 218 g/mol. The highest BCUT2D eigenvalue weighted by atomic mass is 16.5. The summed E-state index contributed by atoms with van der Waals surface area (Å²) in [6.45, 7) is 8.73. The van der Waals surface area contributed by atoms with Crippen LogP contribution in [0.4, 0.5) is 0 Å². The lowest BCUT2D eigenvalue weighted by atomic mass is 9.82. The maximum atomic E-state index is 9.32. The molecule has 0 heterocycles. The van der Waals surface area contributed by atoms with E-state index in [1.54, 1.807) is 0 Å². The molecule has 0 saturated heterocycles. The van der Waals surface area contributed by atoms with Crippen molar-refractivity contribution in [2.24, 2.45) is 5.41 Å². The molecular formula is C12H26O3. The molecule has 0 amide bonds. The SMILES string of the molecule is CCCC(CO)(CO)CCOC(C)(C)C. The fourth-order valence-corrected chi connectivity index (χ4v) is 1.60. The summed E-state index contributed by atoms with van der Waals surface area (Å²) in [5, 5.41) is 18.6. The van der Waals surface area contributed by atoms with Crippen LogP contribution in [0.2, 0.25) is 0 Å². The molecule has 0 spiro atoms. The van der Waals surface area contributed by atoms with Crippen LogP contribution in [0, 0.1) is 5.41 Å². The van der Waals surface area contributed by atoms with Gasteiger partial charge in [0, 0.05) is 12.0 Å². The highest BCUT2D eigenvalue weighted by molar-refractivity contribution is 4.77. The molecule has 3 heteroatoms. The summed E-state index contributed by atoms with van der Waals surface area (Å²) in [6.07, 6.45) is 2.52. The van der Waals surface area contributed by atoms with Gasteiger partial charge in [0.25, 0.3) is 0 Å². The molecule has 2 N–H and O–H groups in total. The third-order valence-corrected chi connectivity index (χ3v) is 2.62. The molecule has 0 rings (SSSR count). The van der Waals surface area contributed by atoms with Crippen molar-refractivity contribution < 1.29 is 14.9 Å². The van der Waals surface area contributed by atoms with E-state index in [0.717, 1.165) is 12.8 Å². The van der Waals surface area contributed by atoms with Crippen LogP contribution in [0.1, 0.15) is 47.0 Å². The lowest BCUT2D eigenvalue weighted by Crippen LogP contribution is -2.32. The zero-order valence-electron chi connectivity index (χ0n) is 10.5. The van der Waals surface area contributed by atoms with Crippen LogP contribution in [0.25, 0.3) is 0 Å². The van der Waals surface area contributed by atoms with Crippen molar-refractivity contribution >= 4 is 0 Å². The van der Waals surface area contributed by atoms with Crippen molar-refractivity contribution in [3.05, 3.63) is 0 Å². The Bertz CT molecular complexity index is 157. The second-order valence-electron chi connectivity index (χ2n) is 5.28. The molecular weight excluding hydrogens is 192 g/mol. The Labute approximate surface area is 93.5 Å². The molecule has 0 bridgehead atoms. The number of hydrogen-bond donors (Lipinski definition) is 2. The zero-order chi connectivity index (χ0) is 11.9. The standard InChI is InChI=1S/C12H26O3/c1-5-6-12(9-13,10-14)7-8-15-11(2,3)4/h13-14H,5-10H2,1-4H3. The van der Waals surface area contributed by atoms with E-state index in [1.807, 2.05) is 20.8 Å².